The minimum atomic E-state index is -3.78. The number of aliphatic hydroxyl groups is 1. The maximum atomic E-state index is 15.6. The number of rotatable bonds is 6. The van der Waals surface area contributed by atoms with E-state index in [1.165, 1.54) is 17.0 Å². The molecular weight excluding hydrogens is 486 g/mol. The molecule has 5 rings (SSSR count). The summed E-state index contributed by atoms with van der Waals surface area (Å²) in [7, 11) is -3.78. The third kappa shape index (κ3) is 4.46. The molecule has 2 atom stereocenters. The normalized spacial score (nSPS) is 30.1. The van der Waals surface area contributed by atoms with E-state index in [9.17, 15) is 13.5 Å². The summed E-state index contributed by atoms with van der Waals surface area (Å²) in [6.45, 7) is 3.46. The van der Waals surface area contributed by atoms with Gasteiger partial charge in [-0.25, -0.2) is 22.2 Å². The van der Waals surface area contributed by atoms with Gasteiger partial charge in [-0.1, -0.05) is 30.3 Å². The van der Waals surface area contributed by atoms with Crippen LogP contribution in [-0.4, -0.2) is 44.2 Å². The molecule has 1 aliphatic heterocycles. The van der Waals surface area contributed by atoms with Gasteiger partial charge in [0.05, 0.1) is 12.1 Å². The first-order valence-electron chi connectivity index (χ1n) is 12.1. The first-order valence-corrected chi connectivity index (χ1v) is 13.6. The molecule has 2 fully saturated rings. The SMILES string of the molecule is C[C@H]1CC[C@H](c2ccccc2)S(=O)(=O)N1Cc1cc(F)c([C@]2(Cn3cncn3)C[C@](C)(O)C2)cc1F. The van der Waals surface area contributed by atoms with Crippen molar-refractivity contribution in [2.24, 2.45) is 0 Å². The van der Waals surface area contributed by atoms with Crippen LogP contribution in [0.15, 0.2) is 55.1 Å². The Morgan fingerprint density at radius 2 is 1.83 bits per heavy atom. The van der Waals surface area contributed by atoms with E-state index in [1.807, 2.05) is 6.07 Å². The van der Waals surface area contributed by atoms with Gasteiger partial charge in [0.2, 0.25) is 10.0 Å². The minimum Gasteiger partial charge on any atom is -0.390 e. The Kier molecular flexibility index (Phi) is 6.25. The predicted octanol–water partition coefficient (Wildman–Crippen LogP) is 4.09. The lowest BCUT2D eigenvalue weighted by Gasteiger charge is -2.52. The van der Waals surface area contributed by atoms with E-state index in [0.717, 1.165) is 12.1 Å². The molecule has 0 bridgehead atoms. The van der Waals surface area contributed by atoms with E-state index in [2.05, 4.69) is 10.1 Å². The standard InChI is InChI=1S/C26H30F2N4O3S/c1-18-8-9-24(19-6-4-3-5-7-19)36(34,35)32(18)12-20-10-23(28)21(11-22(20)27)26(13-25(2,33)14-26)15-31-17-29-16-30-31/h3-7,10-11,16-18,24,33H,8-9,12-15H2,1-2H3/t18-,24+,25-,26+/m0/s1. The third-order valence-corrected chi connectivity index (χ3v) is 9.97. The Morgan fingerprint density at radius 1 is 1.11 bits per heavy atom. The Morgan fingerprint density at radius 3 is 2.47 bits per heavy atom. The van der Waals surface area contributed by atoms with Crippen molar-refractivity contribution in [3.05, 3.63) is 83.4 Å². The highest BCUT2D eigenvalue weighted by molar-refractivity contribution is 7.89. The van der Waals surface area contributed by atoms with Gasteiger partial charge in [-0.3, -0.25) is 4.68 Å². The van der Waals surface area contributed by atoms with Gasteiger partial charge in [0, 0.05) is 23.6 Å². The van der Waals surface area contributed by atoms with Crippen LogP contribution in [0.1, 0.15) is 61.5 Å². The zero-order valence-corrected chi connectivity index (χ0v) is 21.1. The highest BCUT2D eigenvalue weighted by Gasteiger charge is 2.54. The molecule has 192 valence electrons. The van der Waals surface area contributed by atoms with E-state index in [4.69, 9.17) is 0 Å². The van der Waals surface area contributed by atoms with Gasteiger partial charge in [0.1, 0.15) is 29.5 Å². The van der Waals surface area contributed by atoms with Crippen molar-refractivity contribution in [1.82, 2.24) is 19.1 Å². The largest absolute Gasteiger partial charge is 0.390 e. The number of nitrogens with zero attached hydrogens (tertiary/aromatic N) is 4. The molecule has 1 saturated heterocycles. The van der Waals surface area contributed by atoms with Crippen LogP contribution in [0, 0.1) is 11.6 Å². The summed E-state index contributed by atoms with van der Waals surface area (Å²) in [6.07, 6.45) is 4.45. The summed E-state index contributed by atoms with van der Waals surface area (Å²) in [5, 5.41) is 13.8. The number of aromatic nitrogens is 3. The number of hydrogen-bond acceptors (Lipinski definition) is 5. The van der Waals surface area contributed by atoms with Crippen LogP contribution in [0.3, 0.4) is 0 Å². The first kappa shape index (κ1) is 25.0. The second-order valence-corrected chi connectivity index (χ2v) is 12.6. The van der Waals surface area contributed by atoms with Gasteiger partial charge in [0.25, 0.3) is 0 Å². The van der Waals surface area contributed by atoms with Crippen molar-refractivity contribution in [2.75, 3.05) is 0 Å². The summed E-state index contributed by atoms with van der Waals surface area (Å²) < 4.78 is 60.9. The molecular formula is C26H30F2N4O3S. The zero-order chi connectivity index (χ0) is 25.7. The van der Waals surface area contributed by atoms with Crippen LogP contribution in [0.5, 0.6) is 0 Å². The summed E-state index contributed by atoms with van der Waals surface area (Å²) in [5.74, 6) is -1.29. The smallest absolute Gasteiger partial charge is 0.221 e. The lowest BCUT2D eigenvalue weighted by Crippen LogP contribution is -2.55. The number of halogens is 2. The molecule has 0 radical (unpaired) electrons. The van der Waals surface area contributed by atoms with Crippen molar-refractivity contribution in [3.63, 3.8) is 0 Å². The van der Waals surface area contributed by atoms with Crippen molar-refractivity contribution in [1.29, 1.82) is 0 Å². The molecule has 1 aromatic heterocycles. The van der Waals surface area contributed by atoms with Gasteiger partial charge in [-0.2, -0.15) is 9.40 Å². The van der Waals surface area contributed by atoms with E-state index in [-0.39, 0.29) is 43.1 Å². The third-order valence-electron chi connectivity index (χ3n) is 7.60. The Bertz CT molecular complexity index is 1340. The second-order valence-electron chi connectivity index (χ2n) is 10.6. The molecule has 1 N–H and O–H groups in total. The van der Waals surface area contributed by atoms with Crippen LogP contribution in [0.2, 0.25) is 0 Å². The van der Waals surface area contributed by atoms with Gasteiger partial charge >= 0.3 is 0 Å². The van der Waals surface area contributed by atoms with Crippen LogP contribution in [0.4, 0.5) is 8.78 Å². The molecule has 2 aromatic carbocycles. The van der Waals surface area contributed by atoms with Gasteiger partial charge in [-0.15, -0.1) is 0 Å². The van der Waals surface area contributed by atoms with Crippen LogP contribution in [0.25, 0.3) is 0 Å². The molecule has 2 aliphatic rings. The van der Waals surface area contributed by atoms with Gasteiger partial charge < -0.3 is 5.11 Å². The summed E-state index contributed by atoms with van der Waals surface area (Å²) in [4.78, 5) is 3.92. The zero-order valence-electron chi connectivity index (χ0n) is 20.3. The lowest BCUT2D eigenvalue weighted by atomic mass is 9.56. The predicted molar refractivity (Wildman–Crippen MR) is 130 cm³/mol. The average molecular weight is 517 g/mol. The van der Waals surface area contributed by atoms with E-state index < -0.39 is 37.9 Å². The highest BCUT2D eigenvalue weighted by Crippen LogP contribution is 2.52. The number of hydrogen-bond donors (Lipinski definition) is 1. The molecule has 2 heterocycles. The van der Waals surface area contributed by atoms with E-state index in [1.54, 1.807) is 42.8 Å². The van der Waals surface area contributed by atoms with E-state index >= 15 is 8.78 Å². The van der Waals surface area contributed by atoms with Gasteiger partial charge in [0.15, 0.2) is 0 Å². The fraction of sp³-hybridized carbons (Fsp3) is 0.462. The van der Waals surface area contributed by atoms with Crippen molar-refractivity contribution in [2.45, 2.75) is 74.9 Å². The second kappa shape index (κ2) is 9.00. The highest BCUT2D eigenvalue weighted by atomic mass is 32.2. The lowest BCUT2D eigenvalue weighted by molar-refractivity contribution is -0.0842. The number of sulfonamides is 1. The number of benzene rings is 2. The Hall–Kier alpha value is -2.69. The van der Waals surface area contributed by atoms with Crippen molar-refractivity contribution in [3.8, 4) is 0 Å². The molecule has 1 aliphatic carbocycles. The molecule has 0 unspecified atom stereocenters. The summed E-state index contributed by atoms with van der Waals surface area (Å²) in [6, 6.07) is 10.9. The fourth-order valence-electron chi connectivity index (χ4n) is 6.05. The molecule has 10 heteroatoms. The molecule has 3 aromatic rings. The maximum absolute atomic E-state index is 15.6. The Balaban J connectivity index is 1.45. The molecule has 0 amide bonds. The van der Waals surface area contributed by atoms with E-state index in [0.29, 0.717) is 18.4 Å². The quantitative estimate of drug-likeness (QED) is 0.533. The maximum Gasteiger partial charge on any atom is 0.221 e. The molecule has 7 nitrogen and oxygen atoms in total. The average Bonchev–Trinajstić information content (AvgIpc) is 3.30. The van der Waals surface area contributed by atoms with Crippen molar-refractivity contribution < 1.29 is 22.3 Å². The van der Waals surface area contributed by atoms with Crippen LogP contribution >= 0.6 is 0 Å². The van der Waals surface area contributed by atoms with Gasteiger partial charge in [-0.05, 0) is 62.8 Å². The monoisotopic (exact) mass is 516 g/mol. The topological polar surface area (TPSA) is 88.3 Å². The summed E-state index contributed by atoms with van der Waals surface area (Å²) >= 11 is 0. The van der Waals surface area contributed by atoms with Crippen molar-refractivity contribution >= 4 is 10.0 Å². The fourth-order valence-corrected chi connectivity index (χ4v) is 8.24. The minimum absolute atomic E-state index is 0.0117. The van der Waals surface area contributed by atoms with Crippen LogP contribution < -0.4 is 0 Å². The molecule has 36 heavy (non-hydrogen) atoms. The molecule has 0 spiro atoms. The molecule has 1 saturated carbocycles. The first-order chi connectivity index (χ1) is 17.0. The Labute approximate surface area is 209 Å². The van der Waals surface area contributed by atoms with Crippen LogP contribution in [-0.2, 0) is 28.5 Å². The summed E-state index contributed by atoms with van der Waals surface area (Å²) in [5.41, 5.74) is -0.997.